The van der Waals surface area contributed by atoms with E-state index in [1.165, 1.54) is 32.2 Å². The van der Waals surface area contributed by atoms with Gasteiger partial charge in [0.15, 0.2) is 0 Å². The Bertz CT molecular complexity index is 234. The Labute approximate surface area is 106 Å². The van der Waals surface area contributed by atoms with Crippen LogP contribution in [0.1, 0.15) is 46.5 Å². The summed E-state index contributed by atoms with van der Waals surface area (Å²) in [5.74, 6) is 0. The predicted molar refractivity (Wildman–Crippen MR) is 71.3 cm³/mol. The van der Waals surface area contributed by atoms with Gasteiger partial charge in [-0.25, -0.2) is 0 Å². The lowest BCUT2D eigenvalue weighted by atomic mass is 9.87. The van der Waals surface area contributed by atoms with Crippen molar-refractivity contribution in [2.45, 2.75) is 64.1 Å². The average molecular weight is 240 g/mol. The van der Waals surface area contributed by atoms with Crippen molar-refractivity contribution in [3.8, 4) is 0 Å². The first kappa shape index (κ1) is 13.3. The molecule has 2 saturated heterocycles. The molecule has 0 aromatic heterocycles. The molecule has 17 heavy (non-hydrogen) atoms. The Balaban J connectivity index is 2.02. The van der Waals surface area contributed by atoms with Gasteiger partial charge in [0.2, 0.25) is 0 Å². The summed E-state index contributed by atoms with van der Waals surface area (Å²) in [6.07, 6.45) is 5.45. The summed E-state index contributed by atoms with van der Waals surface area (Å²) in [6, 6.07) is 0.614. The van der Waals surface area contributed by atoms with Crippen LogP contribution in [0.15, 0.2) is 0 Å². The van der Waals surface area contributed by atoms with Crippen LogP contribution >= 0.6 is 0 Å². The SMILES string of the molecule is CCC1(CC)CNC(C)CN1CC1CCCO1. The van der Waals surface area contributed by atoms with Crippen molar-refractivity contribution in [2.75, 3.05) is 26.2 Å². The number of nitrogens with zero attached hydrogens (tertiary/aromatic N) is 1. The van der Waals surface area contributed by atoms with Gasteiger partial charge in [-0.3, -0.25) is 4.90 Å². The minimum atomic E-state index is 0.360. The molecule has 2 unspecified atom stereocenters. The van der Waals surface area contributed by atoms with Crippen LogP contribution in [0.25, 0.3) is 0 Å². The molecule has 3 heteroatoms. The summed E-state index contributed by atoms with van der Waals surface area (Å²) in [4.78, 5) is 2.70. The summed E-state index contributed by atoms with van der Waals surface area (Å²) in [6.45, 7) is 11.3. The molecule has 0 saturated carbocycles. The molecule has 0 amide bonds. The van der Waals surface area contributed by atoms with Crippen LogP contribution in [0.3, 0.4) is 0 Å². The summed E-state index contributed by atoms with van der Waals surface area (Å²) < 4.78 is 5.81. The van der Waals surface area contributed by atoms with Crippen molar-refractivity contribution in [1.82, 2.24) is 10.2 Å². The number of hydrogen-bond acceptors (Lipinski definition) is 3. The van der Waals surface area contributed by atoms with Crippen LogP contribution in [-0.4, -0.2) is 48.8 Å². The summed E-state index contributed by atoms with van der Waals surface area (Å²) >= 11 is 0. The monoisotopic (exact) mass is 240 g/mol. The molecule has 0 radical (unpaired) electrons. The van der Waals surface area contributed by atoms with E-state index in [1.54, 1.807) is 0 Å². The van der Waals surface area contributed by atoms with Crippen LogP contribution in [0, 0.1) is 0 Å². The van der Waals surface area contributed by atoms with Crippen molar-refractivity contribution < 1.29 is 4.74 Å². The molecule has 2 aliphatic rings. The van der Waals surface area contributed by atoms with E-state index in [-0.39, 0.29) is 0 Å². The Hall–Kier alpha value is -0.120. The van der Waals surface area contributed by atoms with Crippen molar-refractivity contribution in [1.29, 1.82) is 0 Å². The van der Waals surface area contributed by atoms with Crippen molar-refractivity contribution in [3.05, 3.63) is 0 Å². The Kier molecular flexibility index (Phi) is 4.45. The second kappa shape index (κ2) is 5.68. The van der Waals surface area contributed by atoms with Crippen molar-refractivity contribution >= 4 is 0 Å². The molecule has 0 spiro atoms. The van der Waals surface area contributed by atoms with E-state index >= 15 is 0 Å². The maximum atomic E-state index is 5.81. The molecule has 0 aromatic rings. The van der Waals surface area contributed by atoms with E-state index in [4.69, 9.17) is 4.74 Å². The highest BCUT2D eigenvalue weighted by Crippen LogP contribution is 2.28. The zero-order valence-corrected chi connectivity index (χ0v) is 11.7. The molecule has 1 N–H and O–H groups in total. The summed E-state index contributed by atoms with van der Waals surface area (Å²) in [7, 11) is 0. The van der Waals surface area contributed by atoms with Gasteiger partial charge in [0.25, 0.3) is 0 Å². The number of nitrogens with one attached hydrogen (secondary N) is 1. The zero-order chi connectivity index (χ0) is 12.3. The zero-order valence-electron chi connectivity index (χ0n) is 11.7. The standard InChI is InChI=1S/C14H28N2O/c1-4-14(5-2)11-15-12(3)9-16(14)10-13-7-6-8-17-13/h12-13,15H,4-11H2,1-3H3. The highest BCUT2D eigenvalue weighted by atomic mass is 16.5. The Morgan fingerprint density at radius 3 is 2.71 bits per heavy atom. The molecule has 2 aliphatic heterocycles. The van der Waals surface area contributed by atoms with E-state index in [1.807, 2.05) is 0 Å². The fourth-order valence-corrected chi connectivity index (χ4v) is 3.31. The lowest BCUT2D eigenvalue weighted by molar-refractivity contribution is -0.0106. The highest BCUT2D eigenvalue weighted by molar-refractivity contribution is 4.97. The molecule has 0 aromatic carbocycles. The molecular formula is C14H28N2O. The fraction of sp³-hybridized carbons (Fsp3) is 1.00. The number of rotatable bonds is 4. The molecule has 0 bridgehead atoms. The van der Waals surface area contributed by atoms with Gasteiger partial charge in [0, 0.05) is 37.8 Å². The van der Waals surface area contributed by atoms with Crippen molar-refractivity contribution in [3.63, 3.8) is 0 Å². The third-order valence-corrected chi connectivity index (χ3v) is 4.71. The second-order valence-corrected chi connectivity index (χ2v) is 5.75. The van der Waals surface area contributed by atoms with Gasteiger partial charge in [0.05, 0.1) is 6.10 Å². The topological polar surface area (TPSA) is 24.5 Å². The number of piperazine rings is 1. The predicted octanol–water partition coefficient (Wildman–Crippen LogP) is 2.02. The first-order chi connectivity index (χ1) is 8.20. The fourth-order valence-electron chi connectivity index (χ4n) is 3.31. The third kappa shape index (κ3) is 2.83. The minimum absolute atomic E-state index is 0.360. The second-order valence-electron chi connectivity index (χ2n) is 5.75. The number of ether oxygens (including phenoxy) is 1. The molecular weight excluding hydrogens is 212 g/mol. The van der Waals surface area contributed by atoms with E-state index in [9.17, 15) is 0 Å². The highest BCUT2D eigenvalue weighted by Gasteiger charge is 2.39. The van der Waals surface area contributed by atoms with Gasteiger partial charge in [0.1, 0.15) is 0 Å². The first-order valence-electron chi connectivity index (χ1n) is 7.30. The molecule has 3 nitrogen and oxygen atoms in total. The maximum absolute atomic E-state index is 5.81. The molecule has 100 valence electrons. The largest absolute Gasteiger partial charge is 0.377 e. The molecule has 2 rings (SSSR count). The number of hydrogen-bond donors (Lipinski definition) is 1. The quantitative estimate of drug-likeness (QED) is 0.813. The Morgan fingerprint density at radius 1 is 1.35 bits per heavy atom. The molecule has 2 heterocycles. The van der Waals surface area contributed by atoms with Crippen LogP contribution in [0.2, 0.25) is 0 Å². The Morgan fingerprint density at radius 2 is 2.12 bits per heavy atom. The van der Waals surface area contributed by atoms with Crippen LogP contribution in [0.5, 0.6) is 0 Å². The van der Waals surface area contributed by atoms with Gasteiger partial charge >= 0.3 is 0 Å². The molecule has 0 aliphatic carbocycles. The molecule has 2 fully saturated rings. The van der Waals surface area contributed by atoms with Gasteiger partial charge in [-0.2, -0.15) is 0 Å². The summed E-state index contributed by atoms with van der Waals surface area (Å²) in [5, 5.41) is 3.65. The van der Waals surface area contributed by atoms with E-state index in [0.29, 0.717) is 17.7 Å². The lowest BCUT2D eigenvalue weighted by Gasteiger charge is -2.49. The normalized spacial score (nSPS) is 34.1. The van der Waals surface area contributed by atoms with E-state index < -0.39 is 0 Å². The van der Waals surface area contributed by atoms with E-state index in [0.717, 1.165) is 19.7 Å². The van der Waals surface area contributed by atoms with Crippen LogP contribution in [0.4, 0.5) is 0 Å². The van der Waals surface area contributed by atoms with Gasteiger partial charge in [-0.15, -0.1) is 0 Å². The smallest absolute Gasteiger partial charge is 0.0703 e. The lowest BCUT2D eigenvalue weighted by Crippen LogP contribution is -2.64. The van der Waals surface area contributed by atoms with Gasteiger partial charge in [-0.1, -0.05) is 13.8 Å². The minimum Gasteiger partial charge on any atom is -0.377 e. The van der Waals surface area contributed by atoms with Gasteiger partial charge in [-0.05, 0) is 32.6 Å². The maximum Gasteiger partial charge on any atom is 0.0703 e. The third-order valence-electron chi connectivity index (χ3n) is 4.71. The van der Waals surface area contributed by atoms with E-state index in [2.05, 4.69) is 31.0 Å². The van der Waals surface area contributed by atoms with Crippen molar-refractivity contribution in [2.24, 2.45) is 0 Å². The van der Waals surface area contributed by atoms with Crippen LogP contribution < -0.4 is 5.32 Å². The first-order valence-corrected chi connectivity index (χ1v) is 7.30. The van der Waals surface area contributed by atoms with Crippen LogP contribution in [-0.2, 0) is 4.74 Å². The summed E-state index contributed by atoms with van der Waals surface area (Å²) in [5.41, 5.74) is 0.360. The van der Waals surface area contributed by atoms with Gasteiger partial charge < -0.3 is 10.1 Å². The average Bonchev–Trinajstić information content (AvgIpc) is 2.83. The molecule has 2 atom stereocenters.